The van der Waals surface area contributed by atoms with Crippen LogP contribution in [0.25, 0.3) is 11.4 Å². The molecule has 0 fully saturated rings. The zero-order valence-corrected chi connectivity index (χ0v) is 13.0. The molecule has 0 amide bonds. The number of nitrogens with one attached hydrogen (secondary N) is 1. The van der Waals surface area contributed by atoms with Crippen molar-refractivity contribution in [2.75, 3.05) is 18.5 Å². The summed E-state index contributed by atoms with van der Waals surface area (Å²) in [5.74, 6) is 1.07. The Kier molecular flexibility index (Phi) is 5.75. The summed E-state index contributed by atoms with van der Waals surface area (Å²) in [6.45, 7) is 5.49. The lowest BCUT2D eigenvalue weighted by molar-refractivity contribution is 0.292. The molecule has 5 nitrogen and oxygen atoms in total. The van der Waals surface area contributed by atoms with Gasteiger partial charge in [-0.1, -0.05) is 37.6 Å². The van der Waals surface area contributed by atoms with Gasteiger partial charge in [0.1, 0.15) is 0 Å². The van der Waals surface area contributed by atoms with Crippen LogP contribution in [0.2, 0.25) is 5.02 Å². The molecule has 0 spiro atoms. The lowest BCUT2D eigenvalue weighted by atomic mass is 10.2. The number of rotatable bonds is 7. The van der Waals surface area contributed by atoms with Crippen molar-refractivity contribution in [2.24, 2.45) is 0 Å². The van der Waals surface area contributed by atoms with Gasteiger partial charge in [0.2, 0.25) is 5.95 Å². The number of anilines is 1. The van der Waals surface area contributed by atoms with E-state index in [2.05, 4.69) is 27.2 Å². The number of ether oxygens (including phenoxy) is 1. The summed E-state index contributed by atoms with van der Waals surface area (Å²) in [6, 6.07) is 7.75. The SMILES string of the molecule is CCCNc1nc(OCCC)nc(-c2cccc(Cl)c2)n1. The van der Waals surface area contributed by atoms with Crippen LogP contribution in [0.1, 0.15) is 26.7 Å². The van der Waals surface area contributed by atoms with Gasteiger partial charge in [0.05, 0.1) is 6.61 Å². The standard InChI is InChI=1S/C15H19ClN4O/c1-3-8-17-14-18-13(11-6-5-7-12(16)10-11)19-15(20-14)21-9-4-2/h5-7,10H,3-4,8-9H2,1-2H3,(H,17,18,19,20). The Morgan fingerprint density at radius 1 is 1.14 bits per heavy atom. The number of hydrogen-bond donors (Lipinski definition) is 1. The summed E-state index contributed by atoms with van der Waals surface area (Å²) in [6.07, 6.45) is 1.89. The summed E-state index contributed by atoms with van der Waals surface area (Å²) < 4.78 is 5.53. The van der Waals surface area contributed by atoms with Crippen molar-refractivity contribution in [3.63, 3.8) is 0 Å². The highest BCUT2D eigenvalue weighted by atomic mass is 35.5. The van der Waals surface area contributed by atoms with Crippen molar-refractivity contribution < 1.29 is 4.74 Å². The monoisotopic (exact) mass is 306 g/mol. The molecule has 112 valence electrons. The number of halogens is 1. The minimum absolute atomic E-state index is 0.334. The molecule has 1 N–H and O–H groups in total. The molecule has 0 aliphatic carbocycles. The van der Waals surface area contributed by atoms with Gasteiger partial charge < -0.3 is 10.1 Å². The third-order valence-electron chi connectivity index (χ3n) is 2.67. The van der Waals surface area contributed by atoms with Crippen molar-refractivity contribution in [2.45, 2.75) is 26.7 Å². The van der Waals surface area contributed by atoms with Crippen molar-refractivity contribution in [3.05, 3.63) is 29.3 Å². The quantitative estimate of drug-likeness (QED) is 0.843. The van der Waals surface area contributed by atoms with Crippen molar-refractivity contribution in [3.8, 4) is 17.4 Å². The molecule has 0 aliphatic heterocycles. The third-order valence-corrected chi connectivity index (χ3v) is 2.90. The van der Waals surface area contributed by atoms with Gasteiger partial charge in [0.15, 0.2) is 5.82 Å². The fourth-order valence-electron chi connectivity index (χ4n) is 1.69. The fraction of sp³-hybridized carbons (Fsp3) is 0.400. The Balaban J connectivity index is 2.33. The predicted molar refractivity (Wildman–Crippen MR) is 84.8 cm³/mol. The first-order valence-corrected chi connectivity index (χ1v) is 7.49. The number of hydrogen-bond acceptors (Lipinski definition) is 5. The second kappa shape index (κ2) is 7.78. The highest BCUT2D eigenvalue weighted by Crippen LogP contribution is 2.22. The van der Waals surface area contributed by atoms with Crippen molar-refractivity contribution in [1.29, 1.82) is 0 Å². The molecule has 0 atom stereocenters. The molecule has 2 aromatic rings. The van der Waals surface area contributed by atoms with E-state index in [0.29, 0.717) is 29.4 Å². The van der Waals surface area contributed by atoms with Crippen molar-refractivity contribution >= 4 is 17.5 Å². The zero-order valence-electron chi connectivity index (χ0n) is 12.3. The number of nitrogens with zero attached hydrogens (tertiary/aromatic N) is 3. The van der Waals surface area contributed by atoms with E-state index in [1.807, 2.05) is 31.2 Å². The summed E-state index contributed by atoms with van der Waals surface area (Å²) in [5, 5.41) is 3.81. The lowest BCUT2D eigenvalue weighted by Crippen LogP contribution is -2.09. The summed E-state index contributed by atoms with van der Waals surface area (Å²) in [4.78, 5) is 13.0. The molecule has 1 heterocycles. The van der Waals surface area contributed by atoms with Crippen LogP contribution in [0.3, 0.4) is 0 Å². The average Bonchev–Trinajstić information content (AvgIpc) is 2.50. The minimum Gasteiger partial charge on any atom is -0.463 e. The smallest absolute Gasteiger partial charge is 0.321 e. The van der Waals surface area contributed by atoms with Gasteiger partial charge in [-0.15, -0.1) is 0 Å². The van der Waals surface area contributed by atoms with E-state index in [1.54, 1.807) is 0 Å². The van der Waals surface area contributed by atoms with Gasteiger partial charge in [-0.05, 0) is 25.0 Å². The highest BCUT2D eigenvalue weighted by molar-refractivity contribution is 6.30. The van der Waals surface area contributed by atoms with E-state index in [4.69, 9.17) is 16.3 Å². The fourth-order valence-corrected chi connectivity index (χ4v) is 1.88. The van der Waals surface area contributed by atoms with Gasteiger partial charge in [-0.2, -0.15) is 15.0 Å². The van der Waals surface area contributed by atoms with Crippen LogP contribution in [0, 0.1) is 0 Å². The van der Waals surface area contributed by atoms with Crippen LogP contribution < -0.4 is 10.1 Å². The van der Waals surface area contributed by atoms with E-state index in [-0.39, 0.29) is 0 Å². The Hall–Kier alpha value is -1.88. The molecule has 0 unspecified atom stereocenters. The van der Waals surface area contributed by atoms with Crippen molar-refractivity contribution in [1.82, 2.24) is 15.0 Å². The largest absolute Gasteiger partial charge is 0.463 e. The third kappa shape index (κ3) is 4.56. The van der Waals surface area contributed by atoms with Gasteiger partial charge in [-0.25, -0.2) is 0 Å². The summed E-state index contributed by atoms with van der Waals surface area (Å²) in [5.41, 5.74) is 0.839. The summed E-state index contributed by atoms with van der Waals surface area (Å²) in [7, 11) is 0. The van der Waals surface area contributed by atoms with Gasteiger partial charge in [0.25, 0.3) is 0 Å². The first-order chi connectivity index (χ1) is 10.2. The zero-order chi connectivity index (χ0) is 15.1. The highest BCUT2D eigenvalue weighted by Gasteiger charge is 2.09. The van der Waals surface area contributed by atoms with E-state index in [1.165, 1.54) is 0 Å². The maximum absolute atomic E-state index is 6.02. The molecule has 6 heteroatoms. The molecule has 0 radical (unpaired) electrons. The molecule has 0 bridgehead atoms. The maximum Gasteiger partial charge on any atom is 0.321 e. The van der Waals surface area contributed by atoms with Gasteiger partial charge in [0, 0.05) is 17.1 Å². The Morgan fingerprint density at radius 3 is 2.71 bits per heavy atom. The van der Waals surface area contributed by atoms with E-state index < -0.39 is 0 Å². The minimum atomic E-state index is 0.334. The average molecular weight is 307 g/mol. The lowest BCUT2D eigenvalue weighted by Gasteiger charge is -2.09. The molecular weight excluding hydrogens is 288 g/mol. The first-order valence-electron chi connectivity index (χ1n) is 7.11. The normalized spacial score (nSPS) is 10.4. The Labute approximate surface area is 129 Å². The van der Waals surface area contributed by atoms with Crippen LogP contribution >= 0.6 is 11.6 Å². The first kappa shape index (κ1) is 15.5. The van der Waals surface area contributed by atoms with Crippen LogP contribution in [0.4, 0.5) is 5.95 Å². The molecule has 2 rings (SSSR count). The topological polar surface area (TPSA) is 59.9 Å². The molecule has 1 aromatic heterocycles. The van der Waals surface area contributed by atoms with E-state index in [9.17, 15) is 0 Å². The predicted octanol–water partition coefficient (Wildman–Crippen LogP) is 3.80. The maximum atomic E-state index is 6.02. The van der Waals surface area contributed by atoms with Crippen LogP contribution in [-0.2, 0) is 0 Å². The molecule has 0 aliphatic rings. The van der Waals surface area contributed by atoms with Gasteiger partial charge >= 0.3 is 6.01 Å². The second-order valence-corrected chi connectivity index (χ2v) is 4.99. The molecule has 1 aromatic carbocycles. The summed E-state index contributed by atoms with van der Waals surface area (Å²) >= 11 is 6.02. The van der Waals surface area contributed by atoms with E-state index in [0.717, 1.165) is 24.9 Å². The Morgan fingerprint density at radius 2 is 2.00 bits per heavy atom. The Bertz CT molecular complexity index is 565. The molecule has 21 heavy (non-hydrogen) atoms. The van der Waals surface area contributed by atoms with Crippen LogP contribution in [0.5, 0.6) is 6.01 Å². The molecule has 0 saturated carbocycles. The molecule has 0 saturated heterocycles. The second-order valence-electron chi connectivity index (χ2n) is 4.55. The van der Waals surface area contributed by atoms with Crippen LogP contribution in [-0.4, -0.2) is 28.1 Å². The van der Waals surface area contributed by atoms with E-state index >= 15 is 0 Å². The number of benzene rings is 1. The number of aromatic nitrogens is 3. The van der Waals surface area contributed by atoms with Gasteiger partial charge in [-0.3, -0.25) is 0 Å². The molecular formula is C15H19ClN4O. The van der Waals surface area contributed by atoms with Crippen LogP contribution in [0.15, 0.2) is 24.3 Å².